The molecule has 0 bridgehead atoms. The number of nitro groups is 1. The van der Waals surface area contributed by atoms with Crippen LogP contribution in [0, 0.1) is 17.0 Å². The Morgan fingerprint density at radius 1 is 1.08 bits per heavy atom. The molecule has 0 aliphatic heterocycles. The van der Waals surface area contributed by atoms with Crippen molar-refractivity contribution in [2.24, 2.45) is 0 Å². The molecule has 0 radical (unpaired) electrons. The van der Waals surface area contributed by atoms with Crippen LogP contribution in [0.25, 0.3) is 0 Å². The Morgan fingerprint density at radius 3 is 2.46 bits per heavy atom. The molecule has 0 unspecified atom stereocenters. The van der Waals surface area contributed by atoms with Crippen molar-refractivity contribution < 1.29 is 13.3 Å². The van der Waals surface area contributed by atoms with E-state index in [4.69, 9.17) is 0 Å². The maximum absolute atomic E-state index is 12.8. The highest BCUT2D eigenvalue weighted by atomic mass is 32.2. The highest BCUT2D eigenvalue weighted by Crippen LogP contribution is 2.27. The summed E-state index contributed by atoms with van der Waals surface area (Å²) >= 11 is 0. The van der Waals surface area contributed by atoms with Gasteiger partial charge in [0.15, 0.2) is 0 Å². The van der Waals surface area contributed by atoms with Crippen LogP contribution in [0.5, 0.6) is 0 Å². The van der Waals surface area contributed by atoms with Gasteiger partial charge in [0.2, 0.25) is 10.0 Å². The lowest BCUT2D eigenvalue weighted by molar-refractivity contribution is -0.385. The van der Waals surface area contributed by atoms with Crippen molar-refractivity contribution in [2.45, 2.75) is 50.5 Å². The zero-order valence-corrected chi connectivity index (χ0v) is 15.7. The average Bonchev–Trinajstić information content (AvgIpc) is 2.60. The number of nitrogens with zero attached hydrogens (tertiary/aromatic N) is 1. The highest BCUT2D eigenvalue weighted by molar-refractivity contribution is 7.89. The summed E-state index contributed by atoms with van der Waals surface area (Å²) in [6.45, 7) is 3.41. The van der Waals surface area contributed by atoms with E-state index in [0.717, 1.165) is 30.9 Å². The molecule has 138 valence electrons. The van der Waals surface area contributed by atoms with E-state index in [1.54, 1.807) is 13.8 Å². The molecule has 3 rings (SSSR count). The molecule has 0 saturated heterocycles. The van der Waals surface area contributed by atoms with E-state index in [0.29, 0.717) is 5.56 Å². The lowest BCUT2D eigenvalue weighted by atomic mass is 9.89. The largest absolute Gasteiger partial charge is 0.270 e. The van der Waals surface area contributed by atoms with Crippen molar-refractivity contribution in [1.29, 1.82) is 0 Å². The van der Waals surface area contributed by atoms with Gasteiger partial charge in [-0.1, -0.05) is 24.3 Å². The number of hydrogen-bond acceptors (Lipinski definition) is 4. The summed E-state index contributed by atoms with van der Waals surface area (Å²) in [6, 6.07) is 9.55. The van der Waals surface area contributed by atoms with Gasteiger partial charge in [-0.2, -0.15) is 0 Å². The second-order valence-electron chi connectivity index (χ2n) is 6.79. The summed E-state index contributed by atoms with van der Waals surface area (Å²) in [4.78, 5) is 10.3. The van der Waals surface area contributed by atoms with Crippen molar-refractivity contribution in [3.63, 3.8) is 0 Å². The van der Waals surface area contributed by atoms with Gasteiger partial charge < -0.3 is 0 Å². The highest BCUT2D eigenvalue weighted by Gasteiger charge is 2.23. The molecule has 1 aliphatic rings. The quantitative estimate of drug-likeness (QED) is 0.636. The second-order valence-corrected chi connectivity index (χ2v) is 8.47. The Morgan fingerprint density at radius 2 is 1.77 bits per heavy atom. The van der Waals surface area contributed by atoms with Crippen LogP contribution in [0.2, 0.25) is 0 Å². The maximum atomic E-state index is 12.8. The molecule has 6 nitrogen and oxygen atoms in total. The third-order valence-electron chi connectivity index (χ3n) is 4.88. The van der Waals surface area contributed by atoms with Gasteiger partial charge >= 0.3 is 0 Å². The van der Waals surface area contributed by atoms with Crippen molar-refractivity contribution in [3.05, 3.63) is 68.8 Å². The SMILES string of the molecule is Cc1ccc([N+](=O)[O-])cc1S(=O)(=O)N[C@@H](C)c1ccc2c(c1)CCCC2. The zero-order valence-electron chi connectivity index (χ0n) is 14.9. The molecule has 1 atom stereocenters. The fourth-order valence-electron chi connectivity index (χ4n) is 3.38. The van der Waals surface area contributed by atoms with E-state index in [1.807, 2.05) is 6.07 Å². The Balaban J connectivity index is 1.87. The fraction of sp³-hybridized carbons (Fsp3) is 0.368. The Labute approximate surface area is 153 Å². The fourth-order valence-corrected chi connectivity index (χ4v) is 4.88. The summed E-state index contributed by atoms with van der Waals surface area (Å²) < 4.78 is 28.2. The molecule has 2 aromatic carbocycles. The number of benzene rings is 2. The summed E-state index contributed by atoms with van der Waals surface area (Å²) in [5.74, 6) is 0. The minimum Gasteiger partial charge on any atom is -0.258 e. The van der Waals surface area contributed by atoms with Crippen molar-refractivity contribution in [3.8, 4) is 0 Å². The molecular weight excluding hydrogens is 352 g/mol. The predicted octanol–water partition coefficient (Wildman–Crippen LogP) is 3.82. The monoisotopic (exact) mass is 374 g/mol. The van der Waals surface area contributed by atoms with Crippen LogP contribution in [-0.2, 0) is 22.9 Å². The minimum absolute atomic E-state index is 0.0588. The molecule has 0 saturated carbocycles. The van der Waals surface area contributed by atoms with Gasteiger partial charge in [0.05, 0.1) is 9.82 Å². The number of hydrogen-bond donors (Lipinski definition) is 1. The molecule has 0 fully saturated rings. The van der Waals surface area contributed by atoms with Crippen LogP contribution < -0.4 is 4.72 Å². The number of sulfonamides is 1. The van der Waals surface area contributed by atoms with E-state index in [2.05, 4.69) is 16.9 Å². The standard InChI is InChI=1S/C19H22N2O4S/c1-13-7-10-18(21(22)23)12-19(13)26(24,25)20-14(2)16-9-8-15-5-3-4-6-17(15)11-16/h7-12,14,20H,3-6H2,1-2H3/t14-/m0/s1. The van der Waals surface area contributed by atoms with Gasteiger partial charge in [-0.15, -0.1) is 0 Å². The average molecular weight is 374 g/mol. The molecule has 7 heteroatoms. The first-order valence-electron chi connectivity index (χ1n) is 8.67. The summed E-state index contributed by atoms with van der Waals surface area (Å²) in [5.41, 5.74) is 3.76. The van der Waals surface area contributed by atoms with E-state index in [-0.39, 0.29) is 10.6 Å². The van der Waals surface area contributed by atoms with Gasteiger partial charge in [0, 0.05) is 18.2 Å². The molecule has 2 aromatic rings. The van der Waals surface area contributed by atoms with Crippen LogP contribution in [0.15, 0.2) is 41.3 Å². The number of nitro benzene ring substituents is 1. The summed E-state index contributed by atoms with van der Waals surface area (Å²) in [6.07, 6.45) is 4.44. The third kappa shape index (κ3) is 3.78. The Bertz CT molecular complexity index is 954. The molecular formula is C19H22N2O4S. The number of non-ortho nitro benzene ring substituents is 1. The second kappa shape index (κ2) is 7.17. The van der Waals surface area contributed by atoms with Gasteiger partial charge in [-0.05, 0) is 61.8 Å². The molecule has 0 amide bonds. The third-order valence-corrected chi connectivity index (χ3v) is 6.56. The zero-order chi connectivity index (χ0) is 18.9. The van der Waals surface area contributed by atoms with Crippen molar-refractivity contribution >= 4 is 15.7 Å². The molecule has 26 heavy (non-hydrogen) atoms. The summed E-state index contributed by atoms with van der Waals surface area (Å²) in [5, 5.41) is 11.0. The first-order chi connectivity index (χ1) is 12.3. The van der Waals surface area contributed by atoms with E-state index < -0.39 is 21.0 Å². The van der Waals surface area contributed by atoms with Crippen LogP contribution >= 0.6 is 0 Å². The number of fused-ring (bicyclic) bond motifs is 1. The molecule has 0 heterocycles. The first-order valence-corrected chi connectivity index (χ1v) is 10.2. The van der Waals surface area contributed by atoms with E-state index >= 15 is 0 Å². The molecule has 0 spiro atoms. The lowest BCUT2D eigenvalue weighted by Crippen LogP contribution is -2.27. The molecule has 1 aliphatic carbocycles. The van der Waals surface area contributed by atoms with Gasteiger partial charge in [-0.3, -0.25) is 10.1 Å². The number of aryl methyl sites for hydroxylation is 3. The van der Waals surface area contributed by atoms with Crippen LogP contribution in [-0.4, -0.2) is 13.3 Å². The van der Waals surface area contributed by atoms with Gasteiger partial charge in [0.25, 0.3) is 5.69 Å². The van der Waals surface area contributed by atoms with Crippen molar-refractivity contribution in [2.75, 3.05) is 0 Å². The van der Waals surface area contributed by atoms with Crippen LogP contribution in [0.1, 0.15) is 48.1 Å². The van der Waals surface area contributed by atoms with Gasteiger partial charge in [-0.25, -0.2) is 13.1 Å². The first kappa shape index (κ1) is 18.5. The van der Waals surface area contributed by atoms with E-state index in [1.165, 1.54) is 29.7 Å². The Kier molecular flexibility index (Phi) is 5.11. The van der Waals surface area contributed by atoms with E-state index in [9.17, 15) is 18.5 Å². The minimum atomic E-state index is -3.87. The molecule has 0 aromatic heterocycles. The summed E-state index contributed by atoms with van der Waals surface area (Å²) in [7, 11) is -3.87. The van der Waals surface area contributed by atoms with Gasteiger partial charge in [0.1, 0.15) is 0 Å². The maximum Gasteiger partial charge on any atom is 0.270 e. The van der Waals surface area contributed by atoms with Crippen LogP contribution in [0.4, 0.5) is 5.69 Å². The Hall–Kier alpha value is -2.25. The normalized spacial score (nSPS) is 15.3. The van der Waals surface area contributed by atoms with Crippen molar-refractivity contribution in [1.82, 2.24) is 4.72 Å². The topological polar surface area (TPSA) is 89.3 Å². The smallest absolute Gasteiger partial charge is 0.258 e. The number of rotatable bonds is 5. The molecule has 1 N–H and O–H groups in total. The number of nitrogens with one attached hydrogen (secondary N) is 1. The lowest BCUT2D eigenvalue weighted by Gasteiger charge is -2.20. The predicted molar refractivity (Wildman–Crippen MR) is 99.7 cm³/mol. The van der Waals surface area contributed by atoms with Crippen LogP contribution in [0.3, 0.4) is 0 Å².